The minimum Gasteiger partial charge on any atom is -0.480 e. The van der Waals surface area contributed by atoms with Crippen LogP contribution in [0.15, 0.2) is 12.2 Å². The number of carboxylic acids is 1. The van der Waals surface area contributed by atoms with Crippen LogP contribution in [0, 0.1) is 0 Å². The van der Waals surface area contributed by atoms with Gasteiger partial charge in [-0.1, -0.05) is 12.2 Å². The van der Waals surface area contributed by atoms with Gasteiger partial charge in [-0.3, -0.25) is 9.69 Å². The molecule has 66 valence electrons. The Morgan fingerprint density at radius 1 is 1.50 bits per heavy atom. The summed E-state index contributed by atoms with van der Waals surface area (Å²) in [4.78, 5) is 13.2. The van der Waals surface area contributed by atoms with E-state index in [1.165, 1.54) is 0 Å². The Kier molecular flexibility index (Phi) is 1.68. The van der Waals surface area contributed by atoms with Crippen LogP contribution in [0.25, 0.3) is 0 Å². The first-order valence-corrected chi connectivity index (χ1v) is 4.39. The molecule has 0 radical (unpaired) electrons. The lowest BCUT2D eigenvalue weighted by Gasteiger charge is -2.35. The zero-order valence-corrected chi connectivity index (χ0v) is 6.99. The first-order valence-electron chi connectivity index (χ1n) is 4.39. The van der Waals surface area contributed by atoms with Crippen LogP contribution >= 0.6 is 0 Å². The molecule has 0 aliphatic carbocycles. The molecule has 2 rings (SSSR count). The Bertz CT molecular complexity index is 237. The molecule has 1 fully saturated rings. The molecule has 2 heterocycles. The van der Waals surface area contributed by atoms with E-state index in [9.17, 15) is 4.79 Å². The predicted molar refractivity (Wildman–Crippen MR) is 44.9 cm³/mol. The second-order valence-corrected chi connectivity index (χ2v) is 3.56. The number of hydrogen-bond donors (Lipinski definition) is 1. The van der Waals surface area contributed by atoms with Crippen LogP contribution in [0.2, 0.25) is 0 Å². The molecule has 3 nitrogen and oxygen atoms in total. The number of rotatable bonds is 1. The zero-order valence-electron chi connectivity index (χ0n) is 6.99. The van der Waals surface area contributed by atoms with Crippen molar-refractivity contribution in [3.05, 3.63) is 12.2 Å². The van der Waals surface area contributed by atoms with Gasteiger partial charge in [0.25, 0.3) is 0 Å². The lowest BCUT2D eigenvalue weighted by Crippen LogP contribution is -2.51. The summed E-state index contributed by atoms with van der Waals surface area (Å²) in [5, 5.41) is 9.12. The standard InChI is InChI=1S/C9H13NO2/c11-8(12)9-4-1-2-6-10(9)7-3-5-9/h1-2H,3-7H2,(H,11,12). The molecule has 12 heavy (non-hydrogen) atoms. The van der Waals surface area contributed by atoms with Crippen LogP contribution in [-0.4, -0.2) is 34.6 Å². The monoisotopic (exact) mass is 167 g/mol. The topological polar surface area (TPSA) is 40.5 Å². The van der Waals surface area contributed by atoms with E-state index in [-0.39, 0.29) is 0 Å². The number of fused-ring (bicyclic) bond motifs is 1. The summed E-state index contributed by atoms with van der Waals surface area (Å²) in [5.74, 6) is -0.649. The lowest BCUT2D eigenvalue weighted by molar-refractivity contribution is -0.149. The number of hydrogen-bond acceptors (Lipinski definition) is 2. The molecular formula is C9H13NO2. The smallest absolute Gasteiger partial charge is 0.324 e. The molecular weight excluding hydrogens is 154 g/mol. The van der Waals surface area contributed by atoms with Gasteiger partial charge in [-0.2, -0.15) is 0 Å². The maximum Gasteiger partial charge on any atom is 0.324 e. The average molecular weight is 167 g/mol. The fourth-order valence-corrected chi connectivity index (χ4v) is 2.24. The minimum absolute atomic E-state index is 0.547. The highest BCUT2D eigenvalue weighted by Crippen LogP contribution is 2.35. The van der Waals surface area contributed by atoms with Crippen molar-refractivity contribution in [1.82, 2.24) is 4.90 Å². The first-order chi connectivity index (χ1) is 5.76. The number of aliphatic carboxylic acids is 1. The first kappa shape index (κ1) is 7.80. The molecule has 0 saturated carbocycles. The fraction of sp³-hybridized carbons (Fsp3) is 0.667. The van der Waals surface area contributed by atoms with Crippen molar-refractivity contribution in [3.8, 4) is 0 Å². The van der Waals surface area contributed by atoms with Crippen molar-refractivity contribution in [2.75, 3.05) is 13.1 Å². The number of carbonyl (C=O) groups is 1. The van der Waals surface area contributed by atoms with Crippen molar-refractivity contribution in [2.45, 2.75) is 24.8 Å². The van der Waals surface area contributed by atoms with Gasteiger partial charge in [0.1, 0.15) is 5.54 Å². The molecule has 0 amide bonds. The van der Waals surface area contributed by atoms with Gasteiger partial charge < -0.3 is 5.11 Å². The van der Waals surface area contributed by atoms with Crippen molar-refractivity contribution in [1.29, 1.82) is 0 Å². The summed E-state index contributed by atoms with van der Waals surface area (Å²) in [6.07, 6.45) is 6.57. The van der Waals surface area contributed by atoms with Gasteiger partial charge in [0.2, 0.25) is 0 Å². The molecule has 0 bridgehead atoms. The summed E-state index contributed by atoms with van der Waals surface area (Å²) in [5.41, 5.74) is -0.547. The van der Waals surface area contributed by atoms with E-state index in [2.05, 4.69) is 11.0 Å². The molecule has 2 aliphatic rings. The zero-order chi connectivity index (χ0) is 8.60. The van der Waals surface area contributed by atoms with Gasteiger partial charge in [0, 0.05) is 6.54 Å². The van der Waals surface area contributed by atoms with Gasteiger partial charge in [-0.05, 0) is 25.8 Å². The van der Waals surface area contributed by atoms with Crippen LogP contribution in [0.5, 0.6) is 0 Å². The van der Waals surface area contributed by atoms with Crippen molar-refractivity contribution in [2.24, 2.45) is 0 Å². The molecule has 0 spiro atoms. The van der Waals surface area contributed by atoms with E-state index in [1.807, 2.05) is 6.08 Å². The summed E-state index contributed by atoms with van der Waals surface area (Å²) in [7, 11) is 0. The molecule has 3 heteroatoms. The molecule has 0 aromatic heterocycles. The summed E-state index contributed by atoms with van der Waals surface area (Å²) < 4.78 is 0. The molecule has 2 aliphatic heterocycles. The van der Waals surface area contributed by atoms with Crippen molar-refractivity contribution < 1.29 is 9.90 Å². The van der Waals surface area contributed by atoms with E-state index in [0.29, 0.717) is 6.42 Å². The van der Waals surface area contributed by atoms with Crippen molar-refractivity contribution in [3.63, 3.8) is 0 Å². The Morgan fingerprint density at radius 2 is 2.33 bits per heavy atom. The third-order valence-corrected chi connectivity index (χ3v) is 2.97. The molecule has 1 saturated heterocycles. The summed E-state index contributed by atoms with van der Waals surface area (Å²) >= 11 is 0. The van der Waals surface area contributed by atoms with E-state index in [1.54, 1.807) is 0 Å². The molecule has 1 unspecified atom stereocenters. The Morgan fingerprint density at radius 3 is 3.00 bits per heavy atom. The quantitative estimate of drug-likeness (QED) is 0.589. The summed E-state index contributed by atoms with van der Waals surface area (Å²) in [6, 6.07) is 0. The molecule has 0 aromatic rings. The Labute approximate surface area is 71.7 Å². The second kappa shape index (κ2) is 2.59. The van der Waals surface area contributed by atoms with Gasteiger partial charge in [0.05, 0.1) is 0 Å². The van der Waals surface area contributed by atoms with Crippen LogP contribution in [0.1, 0.15) is 19.3 Å². The molecule has 0 aromatic carbocycles. The van der Waals surface area contributed by atoms with Gasteiger partial charge in [-0.25, -0.2) is 0 Å². The normalized spacial score (nSPS) is 35.0. The average Bonchev–Trinajstić information content (AvgIpc) is 2.48. The SMILES string of the molecule is O=C(O)C12CC=CCN1CCC2. The van der Waals surface area contributed by atoms with Crippen molar-refractivity contribution >= 4 is 5.97 Å². The van der Waals surface area contributed by atoms with Gasteiger partial charge >= 0.3 is 5.97 Å². The van der Waals surface area contributed by atoms with Gasteiger partial charge in [0.15, 0.2) is 0 Å². The van der Waals surface area contributed by atoms with Gasteiger partial charge in [-0.15, -0.1) is 0 Å². The minimum atomic E-state index is -0.649. The highest BCUT2D eigenvalue weighted by molar-refractivity contribution is 5.79. The van der Waals surface area contributed by atoms with Crippen LogP contribution in [0.3, 0.4) is 0 Å². The van der Waals surface area contributed by atoms with Crippen LogP contribution in [-0.2, 0) is 4.79 Å². The fourth-order valence-electron chi connectivity index (χ4n) is 2.24. The third-order valence-electron chi connectivity index (χ3n) is 2.97. The van der Waals surface area contributed by atoms with Crippen LogP contribution < -0.4 is 0 Å². The highest BCUT2D eigenvalue weighted by Gasteiger charge is 2.47. The van der Waals surface area contributed by atoms with E-state index >= 15 is 0 Å². The van der Waals surface area contributed by atoms with E-state index in [4.69, 9.17) is 5.11 Å². The molecule has 1 N–H and O–H groups in total. The van der Waals surface area contributed by atoms with Crippen LogP contribution in [0.4, 0.5) is 0 Å². The van der Waals surface area contributed by atoms with E-state index < -0.39 is 11.5 Å². The Hall–Kier alpha value is -0.830. The maximum absolute atomic E-state index is 11.1. The Balaban J connectivity index is 2.30. The number of nitrogens with zero attached hydrogens (tertiary/aromatic N) is 1. The largest absolute Gasteiger partial charge is 0.480 e. The third kappa shape index (κ3) is 0.894. The lowest BCUT2D eigenvalue weighted by atomic mass is 9.90. The van der Waals surface area contributed by atoms with E-state index in [0.717, 1.165) is 25.9 Å². The molecule has 1 atom stereocenters. The second-order valence-electron chi connectivity index (χ2n) is 3.56. The maximum atomic E-state index is 11.1. The summed E-state index contributed by atoms with van der Waals surface area (Å²) in [6.45, 7) is 1.75. The predicted octanol–water partition coefficient (Wildman–Crippen LogP) is 0.865. The number of carboxylic acid groups (broad SMARTS) is 1. The highest BCUT2D eigenvalue weighted by atomic mass is 16.4.